The number of nitrogens with one attached hydrogen (secondary N) is 2. The van der Waals surface area contributed by atoms with Crippen molar-refractivity contribution in [2.45, 2.75) is 25.8 Å². The molecule has 1 fully saturated rings. The van der Waals surface area contributed by atoms with Crippen molar-refractivity contribution in [1.82, 2.24) is 25.0 Å². The zero-order valence-corrected chi connectivity index (χ0v) is 18.8. The van der Waals surface area contributed by atoms with Gasteiger partial charge in [-0.15, -0.1) is 0 Å². The molecule has 2 heterocycles. The first-order chi connectivity index (χ1) is 15.0. The highest BCUT2D eigenvalue weighted by molar-refractivity contribution is 5.87. The molecular formula is C24H35N5O2. The standard InChI is InChI=1S/C24H35N5O2/c1-4-23(31)29-15-13-28(14-16-29)18-20-7-5-8-21-19(17-26-24(20)21)10-11-25-22(30)9-6-12-27(2)3/h4-5,7-8,17,26H,1,6,9-16,18H2,2-3H3,(H,25,30). The second kappa shape index (κ2) is 11.1. The van der Waals surface area contributed by atoms with Gasteiger partial charge in [-0.3, -0.25) is 14.5 Å². The van der Waals surface area contributed by atoms with Gasteiger partial charge in [0, 0.05) is 57.3 Å². The summed E-state index contributed by atoms with van der Waals surface area (Å²) in [6.07, 6.45) is 5.72. The highest BCUT2D eigenvalue weighted by atomic mass is 16.2. The molecule has 0 unspecified atom stereocenters. The summed E-state index contributed by atoms with van der Waals surface area (Å²) in [5.41, 5.74) is 3.66. The van der Waals surface area contributed by atoms with E-state index in [1.54, 1.807) is 0 Å². The Labute approximate surface area is 185 Å². The maximum absolute atomic E-state index is 12.0. The molecule has 7 nitrogen and oxygen atoms in total. The quantitative estimate of drug-likeness (QED) is 0.571. The van der Waals surface area contributed by atoms with Crippen LogP contribution >= 0.6 is 0 Å². The van der Waals surface area contributed by atoms with Gasteiger partial charge in [-0.1, -0.05) is 24.8 Å². The number of carbonyl (C=O) groups excluding carboxylic acids is 2. The maximum Gasteiger partial charge on any atom is 0.246 e. The van der Waals surface area contributed by atoms with Gasteiger partial charge in [0.15, 0.2) is 0 Å². The molecule has 0 radical (unpaired) electrons. The number of para-hydroxylation sites is 1. The van der Waals surface area contributed by atoms with Crippen LogP contribution in [0.5, 0.6) is 0 Å². The summed E-state index contributed by atoms with van der Waals surface area (Å²) < 4.78 is 0. The number of benzene rings is 1. The number of aromatic amines is 1. The number of hydrogen-bond donors (Lipinski definition) is 2. The largest absolute Gasteiger partial charge is 0.361 e. The number of rotatable bonds is 10. The molecule has 0 bridgehead atoms. The van der Waals surface area contributed by atoms with Crippen LogP contribution in [-0.2, 0) is 22.6 Å². The fourth-order valence-corrected chi connectivity index (χ4v) is 4.09. The van der Waals surface area contributed by atoms with Gasteiger partial charge in [-0.2, -0.15) is 0 Å². The SMILES string of the molecule is C=CC(=O)N1CCN(Cc2cccc3c(CCNC(=O)CCCN(C)C)c[nH]c23)CC1. The molecule has 0 aliphatic carbocycles. The van der Waals surface area contributed by atoms with Crippen molar-refractivity contribution in [1.29, 1.82) is 0 Å². The van der Waals surface area contributed by atoms with E-state index in [2.05, 4.69) is 51.1 Å². The maximum atomic E-state index is 12.0. The number of carbonyl (C=O) groups is 2. The second-order valence-electron chi connectivity index (χ2n) is 8.47. The second-order valence-corrected chi connectivity index (χ2v) is 8.47. The van der Waals surface area contributed by atoms with E-state index < -0.39 is 0 Å². The van der Waals surface area contributed by atoms with Crippen molar-refractivity contribution in [3.63, 3.8) is 0 Å². The zero-order valence-electron chi connectivity index (χ0n) is 18.8. The van der Waals surface area contributed by atoms with Crippen molar-refractivity contribution >= 4 is 22.7 Å². The van der Waals surface area contributed by atoms with Gasteiger partial charge >= 0.3 is 0 Å². The molecule has 7 heteroatoms. The number of piperazine rings is 1. The third-order valence-corrected chi connectivity index (χ3v) is 5.87. The van der Waals surface area contributed by atoms with Gasteiger partial charge < -0.3 is 20.1 Å². The molecule has 2 N–H and O–H groups in total. The van der Waals surface area contributed by atoms with Crippen LogP contribution in [0.25, 0.3) is 10.9 Å². The first-order valence-corrected chi connectivity index (χ1v) is 11.1. The number of aromatic nitrogens is 1. The number of hydrogen-bond acceptors (Lipinski definition) is 4. The van der Waals surface area contributed by atoms with E-state index in [-0.39, 0.29) is 11.8 Å². The van der Waals surface area contributed by atoms with E-state index in [0.717, 1.165) is 52.1 Å². The normalized spacial score (nSPS) is 14.9. The Hall–Kier alpha value is -2.64. The molecule has 2 aromatic rings. The minimum atomic E-state index is 0.0144. The monoisotopic (exact) mass is 425 g/mol. The first kappa shape index (κ1) is 23.0. The summed E-state index contributed by atoms with van der Waals surface area (Å²) in [4.78, 5) is 33.6. The molecule has 0 saturated carbocycles. The third kappa shape index (κ3) is 6.42. The Morgan fingerprint density at radius 1 is 1.19 bits per heavy atom. The lowest BCUT2D eigenvalue weighted by Gasteiger charge is -2.34. The van der Waals surface area contributed by atoms with Crippen molar-refractivity contribution in [2.24, 2.45) is 0 Å². The van der Waals surface area contributed by atoms with Crippen LogP contribution in [-0.4, -0.2) is 84.9 Å². The van der Waals surface area contributed by atoms with Crippen LogP contribution in [0.3, 0.4) is 0 Å². The summed E-state index contributed by atoms with van der Waals surface area (Å²) in [7, 11) is 4.04. The van der Waals surface area contributed by atoms with Crippen LogP contribution in [0.1, 0.15) is 24.0 Å². The molecule has 168 valence electrons. The summed E-state index contributed by atoms with van der Waals surface area (Å²) in [5, 5.41) is 4.26. The van der Waals surface area contributed by atoms with E-state index in [1.807, 2.05) is 19.0 Å². The molecule has 2 amide bonds. The van der Waals surface area contributed by atoms with Crippen LogP contribution in [0.2, 0.25) is 0 Å². The molecule has 0 spiro atoms. The fourth-order valence-electron chi connectivity index (χ4n) is 4.09. The zero-order chi connectivity index (χ0) is 22.2. The van der Waals surface area contributed by atoms with Crippen LogP contribution in [0, 0.1) is 0 Å². The van der Waals surface area contributed by atoms with Crippen molar-refractivity contribution < 1.29 is 9.59 Å². The Morgan fingerprint density at radius 3 is 2.68 bits per heavy atom. The number of fused-ring (bicyclic) bond motifs is 1. The van der Waals surface area contributed by atoms with Gasteiger partial charge in [0.25, 0.3) is 0 Å². The number of H-pyrrole nitrogens is 1. The highest BCUT2D eigenvalue weighted by Gasteiger charge is 2.20. The minimum Gasteiger partial charge on any atom is -0.361 e. The Bertz CT molecular complexity index is 897. The fraction of sp³-hybridized carbons (Fsp3) is 0.500. The highest BCUT2D eigenvalue weighted by Crippen LogP contribution is 2.23. The molecule has 1 aromatic heterocycles. The van der Waals surface area contributed by atoms with E-state index in [9.17, 15) is 9.59 Å². The molecule has 1 aliphatic rings. The average molecular weight is 426 g/mol. The Morgan fingerprint density at radius 2 is 1.97 bits per heavy atom. The summed E-state index contributed by atoms with van der Waals surface area (Å²) >= 11 is 0. The van der Waals surface area contributed by atoms with E-state index in [1.165, 1.54) is 28.1 Å². The molecular weight excluding hydrogens is 390 g/mol. The van der Waals surface area contributed by atoms with Crippen LogP contribution in [0.4, 0.5) is 0 Å². The number of amides is 2. The van der Waals surface area contributed by atoms with Crippen molar-refractivity contribution in [3.8, 4) is 0 Å². The molecule has 3 rings (SSSR count). The molecule has 1 aromatic carbocycles. The summed E-state index contributed by atoms with van der Waals surface area (Å²) in [6.45, 7) is 9.22. The summed E-state index contributed by atoms with van der Waals surface area (Å²) in [5.74, 6) is 0.136. The van der Waals surface area contributed by atoms with Crippen LogP contribution < -0.4 is 5.32 Å². The molecule has 1 saturated heterocycles. The van der Waals surface area contributed by atoms with E-state index >= 15 is 0 Å². The van der Waals surface area contributed by atoms with Crippen molar-refractivity contribution in [2.75, 3.05) is 53.4 Å². The Kier molecular flexibility index (Phi) is 8.26. The molecule has 31 heavy (non-hydrogen) atoms. The van der Waals surface area contributed by atoms with Gasteiger partial charge in [0.2, 0.25) is 11.8 Å². The van der Waals surface area contributed by atoms with Crippen molar-refractivity contribution in [3.05, 3.63) is 48.2 Å². The predicted octanol–water partition coefficient (Wildman–Crippen LogP) is 2.00. The lowest BCUT2D eigenvalue weighted by atomic mass is 10.1. The third-order valence-electron chi connectivity index (χ3n) is 5.87. The Balaban J connectivity index is 1.52. The van der Waals surface area contributed by atoms with Gasteiger partial charge in [-0.25, -0.2) is 0 Å². The molecule has 0 atom stereocenters. The first-order valence-electron chi connectivity index (χ1n) is 11.1. The van der Waals surface area contributed by atoms with Crippen LogP contribution in [0.15, 0.2) is 37.1 Å². The van der Waals surface area contributed by atoms with Gasteiger partial charge in [-0.05, 0) is 50.7 Å². The lowest BCUT2D eigenvalue weighted by molar-refractivity contribution is -0.127. The smallest absolute Gasteiger partial charge is 0.246 e. The lowest BCUT2D eigenvalue weighted by Crippen LogP contribution is -2.47. The average Bonchev–Trinajstić information content (AvgIpc) is 3.17. The summed E-state index contributed by atoms with van der Waals surface area (Å²) in [6, 6.07) is 6.41. The number of nitrogens with zero attached hydrogens (tertiary/aromatic N) is 3. The van der Waals surface area contributed by atoms with Gasteiger partial charge in [0.1, 0.15) is 0 Å². The minimum absolute atomic E-state index is 0.0144. The molecule has 1 aliphatic heterocycles. The van der Waals surface area contributed by atoms with E-state index in [4.69, 9.17) is 0 Å². The predicted molar refractivity (Wildman–Crippen MR) is 125 cm³/mol. The topological polar surface area (TPSA) is 71.7 Å². The van der Waals surface area contributed by atoms with Gasteiger partial charge in [0.05, 0.1) is 5.52 Å². The van der Waals surface area contributed by atoms with E-state index in [0.29, 0.717) is 13.0 Å².